The zero-order valence-corrected chi connectivity index (χ0v) is 12.5. The van der Waals surface area contributed by atoms with Crippen LogP contribution in [0.2, 0.25) is 0 Å². The minimum atomic E-state index is -0.570. The van der Waals surface area contributed by atoms with Gasteiger partial charge in [0, 0.05) is 32.8 Å². The van der Waals surface area contributed by atoms with Crippen molar-refractivity contribution in [3.05, 3.63) is 27.9 Å². The maximum Gasteiger partial charge on any atom is 0.288 e. The van der Waals surface area contributed by atoms with Crippen LogP contribution in [-0.4, -0.2) is 54.1 Å². The van der Waals surface area contributed by atoms with Gasteiger partial charge in [0.05, 0.1) is 17.1 Å². The standard InChI is InChI=1S/C13H20N4O4/c1-4-14-12-11(8-10(9-15-12)17(19)20)13(18)16(3)6-7-21-5-2/h8-9H,4-7H2,1-3H3,(H,14,15). The number of nitrogens with one attached hydrogen (secondary N) is 1. The summed E-state index contributed by atoms with van der Waals surface area (Å²) in [5.41, 5.74) is -0.0248. The molecule has 8 heteroatoms. The fourth-order valence-electron chi connectivity index (χ4n) is 1.68. The minimum absolute atomic E-state index is 0.185. The zero-order chi connectivity index (χ0) is 15.8. The quantitative estimate of drug-likeness (QED) is 0.444. The van der Waals surface area contributed by atoms with E-state index < -0.39 is 4.92 Å². The number of aromatic nitrogens is 1. The Kier molecular flexibility index (Phi) is 6.54. The summed E-state index contributed by atoms with van der Waals surface area (Å²) in [5, 5.41) is 13.8. The van der Waals surface area contributed by atoms with Crippen molar-refractivity contribution in [2.24, 2.45) is 0 Å². The average molecular weight is 296 g/mol. The van der Waals surface area contributed by atoms with Crippen LogP contribution in [0.1, 0.15) is 24.2 Å². The lowest BCUT2D eigenvalue weighted by Crippen LogP contribution is -2.31. The maximum atomic E-state index is 12.4. The van der Waals surface area contributed by atoms with E-state index in [1.165, 1.54) is 11.0 Å². The molecule has 116 valence electrons. The van der Waals surface area contributed by atoms with Crippen molar-refractivity contribution in [2.75, 3.05) is 38.7 Å². The third kappa shape index (κ3) is 4.67. The fourth-order valence-corrected chi connectivity index (χ4v) is 1.68. The summed E-state index contributed by atoms with van der Waals surface area (Å²) in [6.07, 6.45) is 1.13. The molecule has 1 heterocycles. The van der Waals surface area contributed by atoms with Gasteiger partial charge in [-0.3, -0.25) is 14.9 Å². The van der Waals surface area contributed by atoms with E-state index in [1.54, 1.807) is 7.05 Å². The molecule has 0 aliphatic heterocycles. The molecule has 0 fully saturated rings. The number of hydrogen-bond acceptors (Lipinski definition) is 6. The first-order valence-electron chi connectivity index (χ1n) is 6.72. The van der Waals surface area contributed by atoms with Crippen molar-refractivity contribution in [3.63, 3.8) is 0 Å². The Labute approximate surface area is 123 Å². The Morgan fingerprint density at radius 1 is 1.52 bits per heavy atom. The van der Waals surface area contributed by atoms with Crippen molar-refractivity contribution in [2.45, 2.75) is 13.8 Å². The summed E-state index contributed by atoms with van der Waals surface area (Å²) in [7, 11) is 1.62. The second-order valence-electron chi connectivity index (χ2n) is 4.30. The lowest BCUT2D eigenvalue weighted by atomic mass is 10.2. The van der Waals surface area contributed by atoms with Gasteiger partial charge in [0.25, 0.3) is 11.6 Å². The summed E-state index contributed by atoms with van der Waals surface area (Å²) in [6.45, 7) is 5.68. The number of ether oxygens (including phenoxy) is 1. The second kappa shape index (κ2) is 8.15. The molecule has 1 aromatic rings. The summed E-state index contributed by atoms with van der Waals surface area (Å²) >= 11 is 0. The van der Waals surface area contributed by atoms with Crippen LogP contribution in [0.15, 0.2) is 12.3 Å². The van der Waals surface area contributed by atoms with Gasteiger partial charge in [-0.1, -0.05) is 0 Å². The third-order valence-electron chi connectivity index (χ3n) is 2.78. The molecule has 8 nitrogen and oxygen atoms in total. The lowest BCUT2D eigenvalue weighted by Gasteiger charge is -2.18. The maximum absolute atomic E-state index is 12.4. The number of anilines is 1. The van der Waals surface area contributed by atoms with Crippen molar-refractivity contribution in [3.8, 4) is 0 Å². The third-order valence-corrected chi connectivity index (χ3v) is 2.78. The van der Waals surface area contributed by atoms with Gasteiger partial charge in [0.2, 0.25) is 0 Å². The van der Waals surface area contributed by atoms with Gasteiger partial charge in [-0.15, -0.1) is 0 Å². The Morgan fingerprint density at radius 3 is 2.81 bits per heavy atom. The molecule has 1 aromatic heterocycles. The number of carbonyl (C=O) groups excluding carboxylic acids is 1. The van der Waals surface area contributed by atoms with Crippen molar-refractivity contribution in [1.29, 1.82) is 0 Å². The molecule has 0 spiro atoms. The molecule has 0 aromatic carbocycles. The molecule has 0 saturated heterocycles. The van der Waals surface area contributed by atoms with Crippen LogP contribution in [0.3, 0.4) is 0 Å². The van der Waals surface area contributed by atoms with Crippen LogP contribution >= 0.6 is 0 Å². The van der Waals surface area contributed by atoms with Crippen molar-refractivity contribution >= 4 is 17.4 Å². The Morgan fingerprint density at radius 2 is 2.24 bits per heavy atom. The van der Waals surface area contributed by atoms with Gasteiger partial charge in [-0.05, 0) is 13.8 Å². The molecule has 0 aliphatic carbocycles. The van der Waals surface area contributed by atoms with Crippen LogP contribution in [0.4, 0.5) is 11.5 Å². The molecule has 0 unspecified atom stereocenters. The van der Waals surface area contributed by atoms with Crippen LogP contribution in [0.5, 0.6) is 0 Å². The first-order valence-corrected chi connectivity index (χ1v) is 6.72. The first-order chi connectivity index (χ1) is 10.0. The number of likely N-dealkylation sites (N-methyl/N-ethyl adjacent to an activating group) is 1. The van der Waals surface area contributed by atoms with E-state index >= 15 is 0 Å². The lowest BCUT2D eigenvalue weighted by molar-refractivity contribution is -0.385. The van der Waals surface area contributed by atoms with E-state index in [0.29, 0.717) is 32.1 Å². The summed E-state index contributed by atoms with van der Waals surface area (Å²) in [4.78, 5) is 28.0. The van der Waals surface area contributed by atoms with Gasteiger partial charge in [0.15, 0.2) is 0 Å². The van der Waals surface area contributed by atoms with E-state index in [9.17, 15) is 14.9 Å². The summed E-state index contributed by atoms with van der Waals surface area (Å²) in [5.74, 6) is 0.0122. The average Bonchev–Trinajstić information content (AvgIpc) is 2.47. The number of hydrogen-bond donors (Lipinski definition) is 1. The van der Waals surface area contributed by atoms with Gasteiger partial charge in [0.1, 0.15) is 12.0 Å². The highest BCUT2D eigenvalue weighted by Crippen LogP contribution is 2.20. The monoisotopic (exact) mass is 296 g/mol. The number of nitrogens with zero attached hydrogens (tertiary/aromatic N) is 3. The van der Waals surface area contributed by atoms with Gasteiger partial charge in [-0.2, -0.15) is 0 Å². The van der Waals surface area contributed by atoms with Crippen LogP contribution in [0, 0.1) is 10.1 Å². The largest absolute Gasteiger partial charge is 0.380 e. The Hall–Kier alpha value is -2.22. The van der Waals surface area contributed by atoms with E-state index in [1.807, 2.05) is 13.8 Å². The van der Waals surface area contributed by atoms with Crippen molar-refractivity contribution in [1.82, 2.24) is 9.88 Å². The predicted molar refractivity (Wildman–Crippen MR) is 78.5 cm³/mol. The number of carbonyl (C=O) groups is 1. The summed E-state index contributed by atoms with van der Waals surface area (Å²) < 4.78 is 5.20. The topological polar surface area (TPSA) is 97.6 Å². The van der Waals surface area contributed by atoms with E-state index in [-0.39, 0.29) is 17.2 Å². The molecule has 0 bridgehead atoms. The molecule has 21 heavy (non-hydrogen) atoms. The first kappa shape index (κ1) is 16.8. The molecule has 0 atom stereocenters. The molecular weight excluding hydrogens is 276 g/mol. The van der Waals surface area contributed by atoms with Gasteiger partial charge >= 0.3 is 0 Å². The summed E-state index contributed by atoms with van der Waals surface area (Å²) in [6, 6.07) is 1.24. The molecule has 1 amide bonds. The van der Waals surface area contributed by atoms with Crippen molar-refractivity contribution < 1.29 is 14.5 Å². The zero-order valence-electron chi connectivity index (χ0n) is 12.5. The minimum Gasteiger partial charge on any atom is -0.380 e. The normalized spacial score (nSPS) is 10.2. The smallest absolute Gasteiger partial charge is 0.288 e. The molecule has 1 rings (SSSR count). The molecule has 0 saturated carbocycles. The molecular formula is C13H20N4O4. The Bertz CT molecular complexity index is 507. The van der Waals surface area contributed by atoms with Crippen LogP contribution in [-0.2, 0) is 4.74 Å². The van der Waals surface area contributed by atoms with E-state index in [0.717, 1.165) is 6.20 Å². The number of pyridine rings is 1. The SMILES string of the molecule is CCNc1ncc([N+](=O)[O-])cc1C(=O)N(C)CCOCC. The number of rotatable bonds is 8. The van der Waals surface area contributed by atoms with Gasteiger partial charge < -0.3 is 15.0 Å². The highest BCUT2D eigenvalue weighted by molar-refractivity contribution is 5.99. The Balaban J connectivity index is 2.98. The molecule has 0 radical (unpaired) electrons. The predicted octanol–water partition coefficient (Wildman–Crippen LogP) is 1.53. The van der Waals surface area contributed by atoms with Crippen LogP contribution < -0.4 is 5.32 Å². The highest BCUT2D eigenvalue weighted by Gasteiger charge is 2.20. The van der Waals surface area contributed by atoms with E-state index in [2.05, 4.69) is 10.3 Å². The molecule has 0 aliphatic rings. The number of nitro groups is 1. The highest BCUT2D eigenvalue weighted by atomic mass is 16.6. The fraction of sp³-hybridized carbons (Fsp3) is 0.538. The van der Waals surface area contributed by atoms with Gasteiger partial charge in [-0.25, -0.2) is 4.98 Å². The van der Waals surface area contributed by atoms with Crippen LogP contribution in [0.25, 0.3) is 0 Å². The molecule has 1 N–H and O–H groups in total. The number of amides is 1. The van der Waals surface area contributed by atoms with E-state index in [4.69, 9.17) is 4.74 Å². The second-order valence-corrected chi connectivity index (χ2v) is 4.30.